The van der Waals surface area contributed by atoms with Crippen LogP contribution in [-0.4, -0.2) is 23.6 Å². The Morgan fingerprint density at radius 1 is 1.04 bits per heavy atom. The van der Waals surface area contributed by atoms with Gasteiger partial charge in [0.2, 0.25) is 0 Å². The van der Waals surface area contributed by atoms with Crippen LogP contribution in [0.1, 0.15) is 11.1 Å². The van der Waals surface area contributed by atoms with Crippen molar-refractivity contribution >= 4 is 27.3 Å². The quantitative estimate of drug-likeness (QED) is 0.545. The average Bonchev–Trinajstić information content (AvgIpc) is 2.98. The van der Waals surface area contributed by atoms with Crippen molar-refractivity contribution in [1.82, 2.24) is 9.38 Å². The number of imidazole rings is 1. The van der Waals surface area contributed by atoms with E-state index in [0.29, 0.717) is 16.5 Å². The van der Waals surface area contributed by atoms with Crippen molar-refractivity contribution in [3.05, 3.63) is 57.9 Å². The first-order valence-corrected chi connectivity index (χ1v) is 9.00. The number of hydrogen-bond donors (Lipinski definition) is 0. The second kappa shape index (κ2) is 6.14. The number of fused-ring (bicyclic) bond motifs is 3. The molecule has 0 radical (unpaired) electrons. The van der Waals surface area contributed by atoms with E-state index >= 15 is 0 Å². The van der Waals surface area contributed by atoms with Crippen LogP contribution in [0.2, 0.25) is 0 Å². The Bertz CT molecular complexity index is 1210. The lowest BCUT2D eigenvalue weighted by Gasteiger charge is -2.12. The highest BCUT2D eigenvalue weighted by atomic mass is 32.1. The van der Waals surface area contributed by atoms with Crippen molar-refractivity contribution in [1.29, 1.82) is 0 Å². The van der Waals surface area contributed by atoms with Crippen LogP contribution in [0, 0.1) is 13.8 Å². The molecule has 0 atom stereocenters. The number of nitrogens with zero attached hydrogens (tertiary/aromatic N) is 2. The molecule has 0 amide bonds. The van der Waals surface area contributed by atoms with Gasteiger partial charge >= 0.3 is 0 Å². The van der Waals surface area contributed by atoms with Crippen LogP contribution < -0.4 is 15.0 Å². The van der Waals surface area contributed by atoms with E-state index in [2.05, 4.69) is 4.98 Å². The van der Waals surface area contributed by atoms with E-state index in [-0.39, 0.29) is 5.56 Å². The number of aryl methyl sites for hydroxylation is 2. The van der Waals surface area contributed by atoms with Crippen molar-refractivity contribution in [3.8, 4) is 21.9 Å². The molecule has 0 aliphatic heterocycles. The predicted molar refractivity (Wildman–Crippen MR) is 105 cm³/mol. The van der Waals surface area contributed by atoms with Crippen LogP contribution in [0.3, 0.4) is 0 Å². The summed E-state index contributed by atoms with van der Waals surface area (Å²) in [5.74, 6) is 1.24. The van der Waals surface area contributed by atoms with Gasteiger partial charge in [0.1, 0.15) is 0 Å². The molecule has 0 aliphatic rings. The lowest BCUT2D eigenvalue weighted by atomic mass is 10.1. The molecule has 0 fully saturated rings. The Balaban J connectivity index is 2.03. The molecule has 0 unspecified atom stereocenters. The Hall–Kier alpha value is -2.86. The maximum Gasteiger partial charge on any atom is 0.258 e. The summed E-state index contributed by atoms with van der Waals surface area (Å²) in [5.41, 5.74) is 4.68. The van der Waals surface area contributed by atoms with Gasteiger partial charge in [-0.1, -0.05) is 17.4 Å². The SMILES string of the molecule is COc1cccc(-c2cc(=O)n3c(nc4cc(C)c(C)cc43)s2)c1OC. The molecule has 132 valence electrons. The first-order chi connectivity index (χ1) is 12.5. The molecular weight excluding hydrogens is 348 g/mol. The van der Waals surface area contributed by atoms with Gasteiger partial charge < -0.3 is 9.47 Å². The Morgan fingerprint density at radius 3 is 2.54 bits per heavy atom. The van der Waals surface area contributed by atoms with Crippen molar-refractivity contribution in [2.75, 3.05) is 14.2 Å². The summed E-state index contributed by atoms with van der Waals surface area (Å²) in [7, 11) is 3.19. The van der Waals surface area contributed by atoms with Gasteiger partial charge in [0, 0.05) is 16.5 Å². The van der Waals surface area contributed by atoms with Gasteiger partial charge in [-0.3, -0.25) is 9.20 Å². The summed E-state index contributed by atoms with van der Waals surface area (Å²) in [6, 6.07) is 11.3. The zero-order chi connectivity index (χ0) is 18.4. The number of ether oxygens (including phenoxy) is 2. The summed E-state index contributed by atoms with van der Waals surface area (Å²) in [6.45, 7) is 4.09. The van der Waals surface area contributed by atoms with Gasteiger partial charge in [-0.05, 0) is 49.2 Å². The highest BCUT2D eigenvalue weighted by molar-refractivity contribution is 7.20. The van der Waals surface area contributed by atoms with Crippen LogP contribution in [0.4, 0.5) is 0 Å². The second-order valence-electron chi connectivity index (χ2n) is 6.14. The van der Waals surface area contributed by atoms with Gasteiger partial charge in [0.25, 0.3) is 5.56 Å². The van der Waals surface area contributed by atoms with E-state index in [0.717, 1.165) is 32.6 Å². The fourth-order valence-electron chi connectivity index (χ4n) is 3.11. The van der Waals surface area contributed by atoms with Crippen LogP contribution >= 0.6 is 11.3 Å². The van der Waals surface area contributed by atoms with E-state index < -0.39 is 0 Å². The molecule has 5 nitrogen and oxygen atoms in total. The fourth-order valence-corrected chi connectivity index (χ4v) is 4.16. The third-order valence-corrected chi connectivity index (χ3v) is 5.60. The molecule has 26 heavy (non-hydrogen) atoms. The summed E-state index contributed by atoms with van der Waals surface area (Å²) >= 11 is 1.46. The van der Waals surface area contributed by atoms with E-state index in [1.54, 1.807) is 24.7 Å². The number of para-hydroxylation sites is 1. The van der Waals surface area contributed by atoms with E-state index in [9.17, 15) is 4.79 Å². The molecule has 2 aromatic carbocycles. The van der Waals surface area contributed by atoms with Gasteiger partial charge in [-0.25, -0.2) is 4.98 Å². The lowest BCUT2D eigenvalue weighted by molar-refractivity contribution is 0.356. The molecule has 0 saturated carbocycles. The van der Waals surface area contributed by atoms with Gasteiger partial charge in [-0.15, -0.1) is 0 Å². The topological polar surface area (TPSA) is 52.8 Å². The Labute approximate surface area is 154 Å². The van der Waals surface area contributed by atoms with E-state index in [1.165, 1.54) is 11.3 Å². The van der Waals surface area contributed by atoms with Crippen LogP contribution in [0.25, 0.3) is 26.4 Å². The minimum atomic E-state index is -0.107. The largest absolute Gasteiger partial charge is 0.493 e. The molecule has 0 spiro atoms. The van der Waals surface area contributed by atoms with Crippen molar-refractivity contribution < 1.29 is 9.47 Å². The molecule has 0 saturated heterocycles. The molecule has 0 N–H and O–H groups in total. The van der Waals surface area contributed by atoms with Crippen LogP contribution in [-0.2, 0) is 0 Å². The van der Waals surface area contributed by atoms with Gasteiger partial charge in [0.05, 0.1) is 25.3 Å². The molecule has 2 heterocycles. The van der Waals surface area contributed by atoms with E-state index in [4.69, 9.17) is 9.47 Å². The number of benzene rings is 2. The normalized spacial score (nSPS) is 11.2. The third-order valence-electron chi connectivity index (χ3n) is 4.58. The molecule has 4 aromatic rings. The highest BCUT2D eigenvalue weighted by Gasteiger charge is 2.16. The van der Waals surface area contributed by atoms with Crippen molar-refractivity contribution in [3.63, 3.8) is 0 Å². The maximum absolute atomic E-state index is 12.9. The Kier molecular flexibility index (Phi) is 3.92. The highest BCUT2D eigenvalue weighted by Crippen LogP contribution is 2.39. The zero-order valence-electron chi connectivity index (χ0n) is 15.0. The van der Waals surface area contributed by atoms with E-state index in [1.807, 2.05) is 44.2 Å². The number of methoxy groups -OCH3 is 2. The number of hydrogen-bond acceptors (Lipinski definition) is 5. The molecule has 2 aromatic heterocycles. The van der Waals surface area contributed by atoms with Crippen molar-refractivity contribution in [2.45, 2.75) is 13.8 Å². The third kappa shape index (κ3) is 2.45. The minimum absolute atomic E-state index is 0.107. The minimum Gasteiger partial charge on any atom is -0.493 e. The smallest absolute Gasteiger partial charge is 0.258 e. The van der Waals surface area contributed by atoms with Crippen LogP contribution in [0.5, 0.6) is 11.5 Å². The first-order valence-electron chi connectivity index (χ1n) is 8.18. The molecule has 4 rings (SSSR count). The fraction of sp³-hybridized carbons (Fsp3) is 0.200. The molecule has 0 bridgehead atoms. The van der Waals surface area contributed by atoms with Gasteiger partial charge in [-0.2, -0.15) is 0 Å². The average molecular weight is 366 g/mol. The summed E-state index contributed by atoms with van der Waals surface area (Å²) in [5, 5.41) is 0. The number of rotatable bonds is 3. The predicted octanol–water partition coefficient (Wildman–Crippen LogP) is 4.21. The summed E-state index contributed by atoms with van der Waals surface area (Å²) < 4.78 is 12.6. The van der Waals surface area contributed by atoms with Gasteiger partial charge in [0.15, 0.2) is 16.5 Å². The molecule has 0 aliphatic carbocycles. The van der Waals surface area contributed by atoms with Crippen LogP contribution in [0.15, 0.2) is 41.2 Å². The summed E-state index contributed by atoms with van der Waals surface area (Å²) in [6.07, 6.45) is 0. The maximum atomic E-state index is 12.9. The standard InChI is InChI=1S/C20H18N2O3S/c1-11-8-14-15(9-12(11)2)22-18(23)10-17(26-20(22)21-14)13-6-5-7-16(24-3)19(13)25-4/h5-10H,1-4H3. The Morgan fingerprint density at radius 2 is 1.81 bits per heavy atom. The summed E-state index contributed by atoms with van der Waals surface area (Å²) in [4.78, 5) is 19.0. The molecule has 6 heteroatoms. The van der Waals surface area contributed by atoms with Crippen molar-refractivity contribution in [2.24, 2.45) is 0 Å². The first kappa shape index (κ1) is 16.6. The number of aromatic nitrogens is 2. The second-order valence-corrected chi connectivity index (χ2v) is 7.15. The lowest BCUT2D eigenvalue weighted by Crippen LogP contribution is -2.10. The molecular formula is C20H18N2O3S. The monoisotopic (exact) mass is 366 g/mol. The zero-order valence-corrected chi connectivity index (χ0v) is 15.8.